The van der Waals surface area contributed by atoms with E-state index in [4.69, 9.17) is 10.5 Å². The fourth-order valence-corrected chi connectivity index (χ4v) is 2.28. The van der Waals surface area contributed by atoms with Crippen molar-refractivity contribution in [2.24, 2.45) is 5.73 Å². The van der Waals surface area contributed by atoms with Gasteiger partial charge in [0.25, 0.3) is 0 Å². The van der Waals surface area contributed by atoms with Crippen LogP contribution in [-0.2, 0) is 23.4 Å². The summed E-state index contributed by atoms with van der Waals surface area (Å²) < 4.78 is 7.47. The van der Waals surface area contributed by atoms with Gasteiger partial charge in [0.1, 0.15) is 12.4 Å². The van der Waals surface area contributed by atoms with Crippen LogP contribution in [0.4, 0.5) is 0 Å². The van der Waals surface area contributed by atoms with Gasteiger partial charge in [0.15, 0.2) is 0 Å². The summed E-state index contributed by atoms with van der Waals surface area (Å²) in [7, 11) is 1.69. The molecule has 0 bridgehead atoms. The molecule has 0 aliphatic rings. The first kappa shape index (κ1) is 13.1. The molecule has 1 heterocycles. The average Bonchev–Trinajstić information content (AvgIpc) is 2.65. The van der Waals surface area contributed by atoms with Crippen molar-refractivity contribution in [3.05, 3.63) is 29.6 Å². The zero-order valence-corrected chi connectivity index (χ0v) is 11.5. The Balaban J connectivity index is 2.67. The number of fused-ring (bicyclic) bond motifs is 1. The maximum absolute atomic E-state index is 5.67. The normalized spacial score (nSPS) is 12.3. The lowest BCUT2D eigenvalue weighted by molar-refractivity contribution is 0.169. The Hall–Kier alpha value is -1.39. The largest absolute Gasteiger partial charge is 0.377 e. The molecule has 4 heteroatoms. The van der Waals surface area contributed by atoms with Crippen molar-refractivity contribution in [3.8, 4) is 0 Å². The van der Waals surface area contributed by atoms with Crippen LogP contribution >= 0.6 is 0 Å². The van der Waals surface area contributed by atoms with Crippen LogP contribution < -0.4 is 5.73 Å². The number of benzene rings is 1. The van der Waals surface area contributed by atoms with E-state index in [1.54, 1.807) is 7.11 Å². The van der Waals surface area contributed by atoms with Gasteiger partial charge in [0.2, 0.25) is 0 Å². The van der Waals surface area contributed by atoms with Gasteiger partial charge in [-0.3, -0.25) is 0 Å². The quantitative estimate of drug-likeness (QED) is 0.906. The molecule has 2 N–H and O–H groups in total. The van der Waals surface area contributed by atoms with Crippen LogP contribution in [0.15, 0.2) is 18.2 Å². The summed E-state index contributed by atoms with van der Waals surface area (Å²) in [4.78, 5) is 4.66. The van der Waals surface area contributed by atoms with Gasteiger partial charge >= 0.3 is 0 Å². The molecule has 0 amide bonds. The number of hydrogen-bond acceptors (Lipinski definition) is 3. The SMILES string of the molecule is COCc1nc2cc(CN)ccc2n1C(C)(C)C. The Morgan fingerprint density at radius 1 is 1.33 bits per heavy atom. The molecule has 0 fully saturated rings. The number of aromatic nitrogens is 2. The fraction of sp³-hybridized carbons (Fsp3) is 0.500. The minimum Gasteiger partial charge on any atom is -0.377 e. The molecule has 0 saturated heterocycles. The highest BCUT2D eigenvalue weighted by Crippen LogP contribution is 2.26. The molecule has 18 heavy (non-hydrogen) atoms. The van der Waals surface area contributed by atoms with E-state index in [2.05, 4.69) is 48.5 Å². The molecule has 0 aliphatic carbocycles. The summed E-state index contributed by atoms with van der Waals surface area (Å²) in [6, 6.07) is 6.20. The zero-order valence-electron chi connectivity index (χ0n) is 11.5. The summed E-state index contributed by atoms with van der Waals surface area (Å²) in [5.41, 5.74) is 8.87. The monoisotopic (exact) mass is 247 g/mol. The van der Waals surface area contributed by atoms with E-state index >= 15 is 0 Å². The van der Waals surface area contributed by atoms with Gasteiger partial charge in [-0.1, -0.05) is 6.07 Å². The third kappa shape index (κ3) is 2.26. The number of imidazole rings is 1. The molecule has 2 rings (SSSR count). The summed E-state index contributed by atoms with van der Waals surface area (Å²) >= 11 is 0. The molecular weight excluding hydrogens is 226 g/mol. The highest BCUT2D eigenvalue weighted by molar-refractivity contribution is 5.77. The van der Waals surface area contributed by atoms with E-state index in [1.165, 1.54) is 0 Å². The topological polar surface area (TPSA) is 53.1 Å². The second-order valence-corrected chi connectivity index (χ2v) is 5.49. The van der Waals surface area contributed by atoms with Gasteiger partial charge in [0, 0.05) is 19.2 Å². The van der Waals surface area contributed by atoms with E-state index in [0.29, 0.717) is 13.2 Å². The number of nitrogens with two attached hydrogens (primary N) is 1. The van der Waals surface area contributed by atoms with Gasteiger partial charge in [-0.2, -0.15) is 0 Å². The van der Waals surface area contributed by atoms with E-state index in [0.717, 1.165) is 22.4 Å². The van der Waals surface area contributed by atoms with Gasteiger partial charge < -0.3 is 15.0 Å². The molecule has 1 aromatic heterocycles. The van der Waals surface area contributed by atoms with E-state index in [-0.39, 0.29) is 5.54 Å². The Morgan fingerprint density at radius 2 is 2.06 bits per heavy atom. The minimum absolute atomic E-state index is 0.0210. The van der Waals surface area contributed by atoms with Crippen LogP contribution in [0.2, 0.25) is 0 Å². The summed E-state index contributed by atoms with van der Waals surface area (Å²) in [5.74, 6) is 0.953. The molecule has 1 aromatic carbocycles. The highest BCUT2D eigenvalue weighted by Gasteiger charge is 2.21. The molecule has 0 unspecified atom stereocenters. The molecule has 0 radical (unpaired) electrons. The Labute approximate surface area is 108 Å². The number of nitrogens with zero attached hydrogens (tertiary/aromatic N) is 2. The van der Waals surface area contributed by atoms with E-state index in [1.807, 2.05) is 0 Å². The van der Waals surface area contributed by atoms with Crippen LogP contribution in [0.25, 0.3) is 11.0 Å². The fourth-order valence-electron chi connectivity index (χ4n) is 2.28. The Kier molecular flexibility index (Phi) is 3.41. The van der Waals surface area contributed by atoms with E-state index < -0.39 is 0 Å². The molecule has 4 nitrogen and oxygen atoms in total. The van der Waals surface area contributed by atoms with Crippen LogP contribution in [0.3, 0.4) is 0 Å². The first-order chi connectivity index (χ1) is 8.47. The molecule has 0 aliphatic heterocycles. The third-order valence-corrected chi connectivity index (χ3v) is 2.97. The van der Waals surface area contributed by atoms with Crippen molar-refractivity contribution in [1.82, 2.24) is 9.55 Å². The predicted octanol–water partition coefficient (Wildman–Crippen LogP) is 2.40. The molecule has 98 valence electrons. The van der Waals surface area contributed by atoms with Crippen molar-refractivity contribution < 1.29 is 4.74 Å². The second-order valence-electron chi connectivity index (χ2n) is 5.49. The molecule has 0 atom stereocenters. The van der Waals surface area contributed by atoms with Gasteiger partial charge in [-0.05, 0) is 38.5 Å². The lowest BCUT2D eigenvalue weighted by Gasteiger charge is -2.24. The predicted molar refractivity (Wildman–Crippen MR) is 73.3 cm³/mol. The zero-order chi connectivity index (χ0) is 13.3. The molecular formula is C14H21N3O. The number of methoxy groups -OCH3 is 1. The smallest absolute Gasteiger partial charge is 0.136 e. The number of rotatable bonds is 3. The second kappa shape index (κ2) is 4.71. The average molecular weight is 247 g/mol. The molecule has 0 spiro atoms. The molecule has 0 saturated carbocycles. The third-order valence-electron chi connectivity index (χ3n) is 2.97. The first-order valence-electron chi connectivity index (χ1n) is 6.17. The minimum atomic E-state index is -0.0210. The van der Waals surface area contributed by atoms with Crippen LogP contribution in [0, 0.1) is 0 Å². The highest BCUT2D eigenvalue weighted by atomic mass is 16.5. The maximum Gasteiger partial charge on any atom is 0.136 e. The molecule has 2 aromatic rings. The van der Waals surface area contributed by atoms with Crippen molar-refractivity contribution in [1.29, 1.82) is 0 Å². The summed E-state index contributed by atoms with van der Waals surface area (Å²) in [5, 5.41) is 0. The number of hydrogen-bond donors (Lipinski definition) is 1. The van der Waals surface area contributed by atoms with Gasteiger partial charge in [-0.25, -0.2) is 4.98 Å². The van der Waals surface area contributed by atoms with Crippen molar-refractivity contribution in [3.63, 3.8) is 0 Å². The van der Waals surface area contributed by atoms with Crippen LogP contribution in [-0.4, -0.2) is 16.7 Å². The number of ether oxygens (including phenoxy) is 1. The lowest BCUT2D eigenvalue weighted by atomic mass is 10.1. The lowest BCUT2D eigenvalue weighted by Crippen LogP contribution is -2.24. The Morgan fingerprint density at radius 3 is 2.61 bits per heavy atom. The first-order valence-corrected chi connectivity index (χ1v) is 6.17. The van der Waals surface area contributed by atoms with Gasteiger partial charge in [0.05, 0.1) is 11.0 Å². The summed E-state index contributed by atoms with van der Waals surface area (Å²) in [6.45, 7) is 7.57. The van der Waals surface area contributed by atoms with Crippen molar-refractivity contribution in [2.45, 2.75) is 39.5 Å². The van der Waals surface area contributed by atoms with Gasteiger partial charge in [-0.15, -0.1) is 0 Å². The summed E-state index contributed by atoms with van der Waals surface area (Å²) in [6.07, 6.45) is 0. The standard InChI is InChI=1S/C14H21N3O/c1-14(2,3)17-12-6-5-10(8-15)7-11(12)16-13(17)9-18-4/h5-7H,8-9,15H2,1-4H3. The van der Waals surface area contributed by atoms with Crippen LogP contribution in [0.5, 0.6) is 0 Å². The maximum atomic E-state index is 5.67. The van der Waals surface area contributed by atoms with E-state index in [9.17, 15) is 0 Å². The Bertz CT molecular complexity index is 552. The van der Waals surface area contributed by atoms with Crippen molar-refractivity contribution >= 4 is 11.0 Å². The van der Waals surface area contributed by atoms with Crippen molar-refractivity contribution in [2.75, 3.05) is 7.11 Å². The van der Waals surface area contributed by atoms with Crippen LogP contribution in [0.1, 0.15) is 32.2 Å².